The number of carbonyl (C=O) groups is 3. The molecule has 2 aromatic heterocycles. The predicted molar refractivity (Wildman–Crippen MR) is 109 cm³/mol. The quantitative estimate of drug-likeness (QED) is 0.432. The standard InChI is InChI=1S/C18H18N4O8S2/c1-29-17(24)14-15-11(12-9-21(14)18(25)22(12)30-32(26,27)28)8-13(31-15)16(23)20-7-4-10-2-5-19-6-3-10/h2-3,5-6,8,12,14H,4,7,9H2,1H3,(H,20,23)(H,26,27,28)/t12-,14+/m1/s1. The molecule has 0 spiro atoms. The average Bonchev–Trinajstić information content (AvgIpc) is 3.30. The van der Waals surface area contributed by atoms with E-state index in [2.05, 4.69) is 14.6 Å². The third-order valence-corrected chi connectivity index (χ3v) is 6.62. The molecule has 1 fully saturated rings. The van der Waals surface area contributed by atoms with Crippen molar-refractivity contribution in [2.24, 2.45) is 0 Å². The van der Waals surface area contributed by atoms with E-state index in [1.165, 1.54) is 6.07 Å². The van der Waals surface area contributed by atoms with Crippen LogP contribution in [0.25, 0.3) is 0 Å². The summed E-state index contributed by atoms with van der Waals surface area (Å²) >= 11 is 1.00. The Morgan fingerprint density at radius 2 is 2.06 bits per heavy atom. The van der Waals surface area contributed by atoms with Gasteiger partial charge in [-0.25, -0.2) is 9.59 Å². The number of hydrogen-bond acceptors (Lipinski definition) is 9. The van der Waals surface area contributed by atoms with E-state index in [9.17, 15) is 22.8 Å². The molecule has 0 radical (unpaired) electrons. The first-order chi connectivity index (χ1) is 15.2. The molecule has 32 heavy (non-hydrogen) atoms. The van der Waals surface area contributed by atoms with Gasteiger partial charge in [-0.05, 0) is 35.7 Å². The average molecular weight is 482 g/mol. The van der Waals surface area contributed by atoms with Crippen molar-refractivity contribution in [2.75, 3.05) is 20.2 Å². The van der Waals surface area contributed by atoms with Gasteiger partial charge in [0, 0.05) is 23.8 Å². The third kappa shape index (κ3) is 4.17. The third-order valence-electron chi connectivity index (χ3n) is 5.07. The highest BCUT2D eigenvalue weighted by Gasteiger charge is 2.53. The lowest BCUT2D eigenvalue weighted by atomic mass is 9.99. The number of methoxy groups -OCH3 is 1. The minimum atomic E-state index is -4.99. The van der Waals surface area contributed by atoms with E-state index in [0.29, 0.717) is 28.5 Å². The Balaban J connectivity index is 1.59. The van der Waals surface area contributed by atoms with Crippen LogP contribution in [0.1, 0.15) is 37.8 Å². The summed E-state index contributed by atoms with van der Waals surface area (Å²) in [5, 5.41) is 3.27. The largest absolute Gasteiger partial charge is 0.467 e. The van der Waals surface area contributed by atoms with Gasteiger partial charge < -0.3 is 15.0 Å². The normalized spacial score (nSPS) is 19.6. The van der Waals surface area contributed by atoms with Crippen LogP contribution in [0, 0.1) is 0 Å². The van der Waals surface area contributed by atoms with Crippen LogP contribution in [-0.4, -0.2) is 66.0 Å². The molecule has 2 aromatic rings. The maximum atomic E-state index is 12.7. The van der Waals surface area contributed by atoms with Crippen molar-refractivity contribution in [3.63, 3.8) is 0 Å². The molecule has 2 atom stereocenters. The smallest absolute Gasteiger partial charge is 0.418 e. The van der Waals surface area contributed by atoms with Gasteiger partial charge in [-0.1, -0.05) is 0 Å². The number of thiophene rings is 1. The number of nitrogens with zero attached hydrogens (tertiary/aromatic N) is 3. The number of carbonyl (C=O) groups excluding carboxylic acids is 3. The molecular formula is C18H18N4O8S2. The molecule has 3 amide bonds. The highest BCUT2D eigenvalue weighted by Crippen LogP contribution is 2.48. The summed E-state index contributed by atoms with van der Waals surface area (Å²) in [6, 6.07) is 2.13. The molecule has 0 unspecified atom stereocenters. The predicted octanol–water partition coefficient (Wildman–Crippen LogP) is 0.856. The molecule has 14 heteroatoms. The van der Waals surface area contributed by atoms with Gasteiger partial charge >= 0.3 is 22.4 Å². The Morgan fingerprint density at radius 3 is 2.72 bits per heavy atom. The number of ether oxygens (including phenoxy) is 1. The van der Waals surface area contributed by atoms with Crippen molar-refractivity contribution in [1.82, 2.24) is 20.3 Å². The van der Waals surface area contributed by atoms with Gasteiger partial charge in [-0.2, -0.15) is 13.5 Å². The SMILES string of the molecule is COC(=O)[C@@H]1c2sc(C(=O)NCCc3ccncc3)cc2[C@H]2CN1C(=O)N2OS(=O)(=O)O. The molecule has 2 N–H and O–H groups in total. The second kappa shape index (κ2) is 8.46. The van der Waals surface area contributed by atoms with Gasteiger partial charge in [0.1, 0.15) is 6.04 Å². The molecule has 12 nitrogen and oxygen atoms in total. The second-order valence-electron chi connectivity index (χ2n) is 7.00. The van der Waals surface area contributed by atoms with Crippen molar-refractivity contribution < 1.29 is 36.4 Å². The Kier molecular flexibility index (Phi) is 5.85. The van der Waals surface area contributed by atoms with Crippen molar-refractivity contribution in [3.8, 4) is 0 Å². The number of amides is 3. The van der Waals surface area contributed by atoms with E-state index in [-0.39, 0.29) is 17.3 Å². The van der Waals surface area contributed by atoms with E-state index in [4.69, 9.17) is 9.29 Å². The minimum absolute atomic E-state index is 0.0824. The molecular weight excluding hydrogens is 464 g/mol. The lowest BCUT2D eigenvalue weighted by Gasteiger charge is -2.28. The van der Waals surface area contributed by atoms with Crippen molar-refractivity contribution in [2.45, 2.75) is 18.5 Å². The lowest BCUT2D eigenvalue weighted by Crippen LogP contribution is -2.38. The van der Waals surface area contributed by atoms with E-state index in [0.717, 1.165) is 28.9 Å². The summed E-state index contributed by atoms with van der Waals surface area (Å²) in [7, 11) is -3.84. The van der Waals surface area contributed by atoms with Crippen LogP contribution in [0.4, 0.5) is 4.79 Å². The Hall–Kier alpha value is -3.07. The zero-order valence-corrected chi connectivity index (χ0v) is 18.3. The molecule has 2 aliphatic rings. The molecule has 0 saturated carbocycles. The Bertz CT molecular complexity index is 1170. The number of pyridine rings is 1. The van der Waals surface area contributed by atoms with E-state index in [1.807, 2.05) is 12.1 Å². The van der Waals surface area contributed by atoms with E-state index < -0.39 is 34.5 Å². The number of urea groups is 1. The fraction of sp³-hybridized carbons (Fsp3) is 0.333. The summed E-state index contributed by atoms with van der Waals surface area (Å²) in [6.45, 7) is 0.277. The number of esters is 1. The molecule has 0 aromatic carbocycles. The number of rotatable bonds is 7. The summed E-state index contributed by atoms with van der Waals surface area (Å²) in [5.41, 5.74) is 1.37. The van der Waals surface area contributed by atoms with Crippen LogP contribution < -0.4 is 5.32 Å². The van der Waals surface area contributed by atoms with E-state index in [1.54, 1.807) is 12.4 Å². The first-order valence-corrected chi connectivity index (χ1v) is 11.5. The summed E-state index contributed by atoms with van der Waals surface area (Å²) in [4.78, 5) is 43.4. The minimum Gasteiger partial charge on any atom is -0.467 e. The Morgan fingerprint density at radius 1 is 1.34 bits per heavy atom. The number of hydroxylamine groups is 2. The number of hydrogen-bond donors (Lipinski definition) is 2. The van der Waals surface area contributed by atoms with Crippen LogP contribution >= 0.6 is 11.3 Å². The van der Waals surface area contributed by atoms with Crippen molar-refractivity contribution in [1.29, 1.82) is 0 Å². The summed E-state index contributed by atoms with van der Waals surface area (Å²) in [6.07, 6.45) is 3.90. The molecule has 2 aliphatic heterocycles. The summed E-state index contributed by atoms with van der Waals surface area (Å²) < 4.78 is 40.7. The highest BCUT2D eigenvalue weighted by molar-refractivity contribution is 7.80. The van der Waals surface area contributed by atoms with Crippen LogP contribution in [0.5, 0.6) is 0 Å². The van der Waals surface area contributed by atoms with Gasteiger partial charge in [0.05, 0.1) is 18.5 Å². The number of aromatic nitrogens is 1. The fourth-order valence-electron chi connectivity index (χ4n) is 3.67. The van der Waals surface area contributed by atoms with Gasteiger partial charge in [0.15, 0.2) is 6.04 Å². The zero-order valence-electron chi connectivity index (χ0n) is 16.6. The highest BCUT2D eigenvalue weighted by atomic mass is 32.3. The maximum absolute atomic E-state index is 12.7. The topological polar surface area (TPSA) is 155 Å². The first kappa shape index (κ1) is 22.1. The van der Waals surface area contributed by atoms with Crippen molar-refractivity contribution >= 4 is 39.6 Å². The van der Waals surface area contributed by atoms with E-state index >= 15 is 0 Å². The monoisotopic (exact) mass is 482 g/mol. The molecule has 1 saturated heterocycles. The van der Waals surface area contributed by atoms with Crippen molar-refractivity contribution in [3.05, 3.63) is 51.5 Å². The molecule has 4 rings (SSSR count). The van der Waals surface area contributed by atoms with Gasteiger partial charge in [0.2, 0.25) is 0 Å². The van der Waals surface area contributed by atoms with Crippen LogP contribution in [0.2, 0.25) is 0 Å². The lowest BCUT2D eigenvalue weighted by molar-refractivity contribution is -0.146. The molecule has 2 bridgehead atoms. The molecule has 4 heterocycles. The van der Waals surface area contributed by atoms with Crippen LogP contribution in [-0.2, 0) is 30.6 Å². The maximum Gasteiger partial charge on any atom is 0.418 e. The second-order valence-corrected chi connectivity index (χ2v) is 9.08. The van der Waals surface area contributed by atoms with Crippen LogP contribution in [0.15, 0.2) is 30.6 Å². The summed E-state index contributed by atoms with van der Waals surface area (Å²) in [5.74, 6) is -1.14. The van der Waals surface area contributed by atoms with Crippen LogP contribution in [0.3, 0.4) is 0 Å². The number of nitrogens with one attached hydrogen (secondary N) is 1. The fourth-order valence-corrected chi connectivity index (χ4v) is 5.28. The van der Waals surface area contributed by atoms with Gasteiger partial charge in [0.25, 0.3) is 5.91 Å². The molecule has 0 aliphatic carbocycles. The zero-order chi connectivity index (χ0) is 23.0. The number of fused-ring (bicyclic) bond motifs is 4. The van der Waals surface area contributed by atoms with Gasteiger partial charge in [-0.3, -0.25) is 14.3 Å². The molecule has 170 valence electrons. The van der Waals surface area contributed by atoms with Gasteiger partial charge in [-0.15, -0.1) is 15.6 Å². The Labute approximate surface area is 186 Å². The first-order valence-electron chi connectivity index (χ1n) is 9.35.